The van der Waals surface area contributed by atoms with Gasteiger partial charge in [-0.3, -0.25) is 0 Å². The molecule has 0 fully saturated rings. The first-order valence-corrected chi connectivity index (χ1v) is 10.2. The normalized spacial score (nSPS) is 12.9. The third-order valence-corrected chi connectivity index (χ3v) is 5.45. The van der Waals surface area contributed by atoms with Crippen LogP contribution in [0.1, 0.15) is 30.3 Å². The lowest BCUT2D eigenvalue weighted by Crippen LogP contribution is -2.07. The second-order valence-corrected chi connectivity index (χ2v) is 7.38. The maximum absolute atomic E-state index is 5.57. The van der Waals surface area contributed by atoms with Crippen LogP contribution in [-0.4, -0.2) is 21.2 Å². The fourth-order valence-corrected chi connectivity index (χ4v) is 4.15. The third-order valence-electron chi connectivity index (χ3n) is 5.45. The highest BCUT2D eigenvalue weighted by Crippen LogP contribution is 2.35. The van der Waals surface area contributed by atoms with E-state index in [1.54, 1.807) is 0 Å². The zero-order valence-corrected chi connectivity index (χ0v) is 16.8. The summed E-state index contributed by atoms with van der Waals surface area (Å²) in [6, 6.07) is 18.5. The molecular weight excluding hydrogens is 360 g/mol. The number of anilines is 2. The van der Waals surface area contributed by atoms with Crippen LogP contribution in [0.4, 0.5) is 11.5 Å². The summed E-state index contributed by atoms with van der Waals surface area (Å²) in [5.74, 6) is 1.90. The molecule has 146 valence electrons. The number of aryl methyl sites for hydroxylation is 2. The maximum atomic E-state index is 5.57. The van der Waals surface area contributed by atoms with E-state index in [4.69, 9.17) is 14.8 Å². The van der Waals surface area contributed by atoms with Crippen LogP contribution in [0.15, 0.2) is 54.6 Å². The summed E-state index contributed by atoms with van der Waals surface area (Å²) in [6.07, 6.45) is 3.17. The van der Waals surface area contributed by atoms with Crippen molar-refractivity contribution in [3.05, 3.63) is 71.5 Å². The van der Waals surface area contributed by atoms with E-state index in [9.17, 15) is 0 Å². The van der Waals surface area contributed by atoms with Gasteiger partial charge < -0.3 is 10.1 Å². The largest absolute Gasteiger partial charge is 0.494 e. The van der Waals surface area contributed by atoms with E-state index in [-0.39, 0.29) is 0 Å². The van der Waals surface area contributed by atoms with E-state index in [1.807, 2.05) is 41.8 Å². The lowest BCUT2D eigenvalue weighted by Gasteiger charge is -2.14. The van der Waals surface area contributed by atoms with Crippen molar-refractivity contribution in [1.82, 2.24) is 14.6 Å². The molecule has 0 spiro atoms. The Kier molecular flexibility index (Phi) is 4.43. The van der Waals surface area contributed by atoms with E-state index in [1.165, 1.54) is 11.3 Å². The van der Waals surface area contributed by atoms with Crippen molar-refractivity contribution in [1.29, 1.82) is 0 Å². The van der Waals surface area contributed by atoms with Gasteiger partial charge in [0.1, 0.15) is 11.6 Å². The summed E-state index contributed by atoms with van der Waals surface area (Å²) >= 11 is 0. The number of ether oxygens (including phenoxy) is 1. The van der Waals surface area contributed by atoms with Crippen LogP contribution in [0.2, 0.25) is 0 Å². The predicted molar refractivity (Wildman–Crippen MR) is 116 cm³/mol. The van der Waals surface area contributed by atoms with E-state index >= 15 is 0 Å². The molecule has 0 amide bonds. The molecule has 2 aromatic heterocycles. The number of hydrogen-bond acceptors (Lipinski definition) is 4. The summed E-state index contributed by atoms with van der Waals surface area (Å²) in [5, 5.41) is 8.49. The molecule has 5 nitrogen and oxygen atoms in total. The molecule has 1 aliphatic rings. The Labute approximate surface area is 170 Å². The van der Waals surface area contributed by atoms with Crippen LogP contribution >= 0.6 is 0 Å². The summed E-state index contributed by atoms with van der Waals surface area (Å²) < 4.78 is 7.55. The van der Waals surface area contributed by atoms with Crippen molar-refractivity contribution < 1.29 is 4.74 Å². The molecule has 2 heterocycles. The molecule has 0 bridgehead atoms. The van der Waals surface area contributed by atoms with Gasteiger partial charge in [-0.1, -0.05) is 30.3 Å². The van der Waals surface area contributed by atoms with Crippen LogP contribution in [0, 0.1) is 6.92 Å². The minimum atomic E-state index is 0.667. The van der Waals surface area contributed by atoms with Gasteiger partial charge in [-0.25, -0.2) is 4.98 Å². The average Bonchev–Trinajstić information content (AvgIpc) is 3.34. The molecule has 5 rings (SSSR count). The van der Waals surface area contributed by atoms with Gasteiger partial charge in [0.2, 0.25) is 0 Å². The van der Waals surface area contributed by atoms with Crippen LogP contribution < -0.4 is 10.1 Å². The number of benzene rings is 2. The number of aromatic nitrogens is 3. The van der Waals surface area contributed by atoms with Crippen molar-refractivity contribution in [3.8, 4) is 16.9 Å². The molecule has 1 aliphatic carbocycles. The second kappa shape index (κ2) is 7.24. The van der Waals surface area contributed by atoms with Crippen LogP contribution in [-0.2, 0) is 12.8 Å². The van der Waals surface area contributed by atoms with Crippen LogP contribution in [0.3, 0.4) is 0 Å². The van der Waals surface area contributed by atoms with Crippen LogP contribution in [0.5, 0.6) is 5.75 Å². The SMILES string of the molecule is CCOc1ccc(Nc2c3c(nc4c(-c5ccccc5)c(C)nn24)CCC3)cc1. The minimum absolute atomic E-state index is 0.667. The van der Waals surface area contributed by atoms with Gasteiger partial charge in [0.15, 0.2) is 5.65 Å². The van der Waals surface area contributed by atoms with E-state index in [2.05, 4.69) is 36.5 Å². The van der Waals surface area contributed by atoms with Gasteiger partial charge in [0.25, 0.3) is 0 Å². The fourth-order valence-electron chi connectivity index (χ4n) is 4.15. The summed E-state index contributed by atoms with van der Waals surface area (Å²) in [6.45, 7) is 4.72. The molecule has 29 heavy (non-hydrogen) atoms. The van der Waals surface area contributed by atoms with Gasteiger partial charge in [0, 0.05) is 22.5 Å². The smallest absolute Gasteiger partial charge is 0.165 e. The Bertz CT molecular complexity index is 1160. The summed E-state index contributed by atoms with van der Waals surface area (Å²) in [4.78, 5) is 5.03. The number of nitrogens with one attached hydrogen (secondary N) is 1. The second-order valence-electron chi connectivity index (χ2n) is 7.38. The Morgan fingerprint density at radius 3 is 2.59 bits per heavy atom. The molecule has 2 aromatic carbocycles. The van der Waals surface area contributed by atoms with Crippen molar-refractivity contribution in [2.45, 2.75) is 33.1 Å². The van der Waals surface area contributed by atoms with Crippen LogP contribution in [0.25, 0.3) is 16.8 Å². The highest BCUT2D eigenvalue weighted by Gasteiger charge is 2.24. The molecule has 0 saturated heterocycles. The molecular formula is C24H24N4O. The molecule has 4 aromatic rings. The lowest BCUT2D eigenvalue weighted by molar-refractivity contribution is 0.340. The molecule has 0 atom stereocenters. The first-order valence-electron chi connectivity index (χ1n) is 10.2. The number of nitrogens with zero attached hydrogens (tertiary/aromatic N) is 3. The topological polar surface area (TPSA) is 51.5 Å². The Balaban J connectivity index is 1.65. The molecule has 5 heteroatoms. The molecule has 0 radical (unpaired) electrons. The predicted octanol–water partition coefficient (Wildman–Crippen LogP) is 5.34. The fraction of sp³-hybridized carbons (Fsp3) is 0.250. The van der Waals surface area contributed by atoms with E-state index in [0.29, 0.717) is 6.61 Å². The van der Waals surface area contributed by atoms with Crippen molar-refractivity contribution in [2.24, 2.45) is 0 Å². The van der Waals surface area contributed by atoms with E-state index < -0.39 is 0 Å². The zero-order valence-electron chi connectivity index (χ0n) is 16.8. The zero-order chi connectivity index (χ0) is 19.8. The van der Waals surface area contributed by atoms with Crippen molar-refractivity contribution in [3.63, 3.8) is 0 Å². The van der Waals surface area contributed by atoms with Gasteiger partial charge in [0.05, 0.1) is 12.3 Å². The Hall–Kier alpha value is -3.34. The highest BCUT2D eigenvalue weighted by molar-refractivity contribution is 5.82. The van der Waals surface area contributed by atoms with Gasteiger partial charge in [-0.15, -0.1) is 0 Å². The molecule has 0 unspecified atom stereocenters. The third kappa shape index (κ3) is 3.12. The standard InChI is InChI=1S/C24H24N4O/c1-3-29-19-14-12-18(13-15-19)25-23-20-10-7-11-21(20)26-24-22(16(2)27-28(23)24)17-8-5-4-6-9-17/h4-6,8-9,12-15,25H,3,7,10-11H2,1-2H3. The lowest BCUT2D eigenvalue weighted by atomic mass is 10.1. The Morgan fingerprint density at radius 1 is 1.03 bits per heavy atom. The number of fused-ring (bicyclic) bond motifs is 2. The van der Waals surface area contributed by atoms with Gasteiger partial charge in [-0.05, 0) is 62.9 Å². The Morgan fingerprint density at radius 2 is 1.83 bits per heavy atom. The highest BCUT2D eigenvalue weighted by atomic mass is 16.5. The number of rotatable bonds is 5. The first-order chi connectivity index (χ1) is 14.2. The van der Waals surface area contributed by atoms with Gasteiger partial charge in [-0.2, -0.15) is 9.61 Å². The first kappa shape index (κ1) is 17.7. The number of hydrogen-bond donors (Lipinski definition) is 1. The average molecular weight is 384 g/mol. The van der Waals surface area contributed by atoms with Gasteiger partial charge >= 0.3 is 0 Å². The summed E-state index contributed by atoms with van der Waals surface area (Å²) in [5.41, 5.74) is 7.64. The van der Waals surface area contributed by atoms with Crippen molar-refractivity contribution >= 4 is 17.2 Å². The summed E-state index contributed by atoms with van der Waals surface area (Å²) in [7, 11) is 0. The molecule has 1 N–H and O–H groups in total. The van der Waals surface area contributed by atoms with E-state index in [0.717, 1.165) is 59.0 Å². The quantitative estimate of drug-likeness (QED) is 0.505. The van der Waals surface area contributed by atoms with Crippen molar-refractivity contribution in [2.75, 3.05) is 11.9 Å². The molecule has 0 aliphatic heterocycles. The monoisotopic (exact) mass is 384 g/mol. The molecule has 0 saturated carbocycles. The maximum Gasteiger partial charge on any atom is 0.165 e. The minimum Gasteiger partial charge on any atom is -0.494 e.